The molecule has 170 valence electrons. The first kappa shape index (κ1) is 21.9. The third kappa shape index (κ3) is 3.98. The van der Waals surface area contributed by atoms with E-state index < -0.39 is 5.82 Å². The maximum Gasteiger partial charge on any atom is 0.269 e. The van der Waals surface area contributed by atoms with E-state index in [1.165, 1.54) is 12.3 Å². The number of nitrogens with two attached hydrogens (primary N) is 1. The number of rotatable bonds is 6. The molecule has 7 nitrogen and oxygen atoms in total. The van der Waals surface area contributed by atoms with Gasteiger partial charge in [0.25, 0.3) is 5.91 Å². The molecule has 9 heteroatoms. The van der Waals surface area contributed by atoms with Crippen molar-refractivity contribution in [3.8, 4) is 22.3 Å². The van der Waals surface area contributed by atoms with Gasteiger partial charge in [-0.15, -0.1) is 0 Å². The zero-order chi connectivity index (χ0) is 23.7. The Kier molecular flexibility index (Phi) is 5.91. The van der Waals surface area contributed by atoms with E-state index >= 15 is 4.39 Å². The van der Waals surface area contributed by atoms with Crippen molar-refractivity contribution in [3.05, 3.63) is 78.8 Å². The molecule has 0 fully saturated rings. The van der Waals surface area contributed by atoms with Crippen LogP contribution in [-0.4, -0.2) is 43.4 Å². The number of pyridine rings is 3. The highest BCUT2D eigenvalue weighted by molar-refractivity contribution is 6.24. The summed E-state index contributed by atoms with van der Waals surface area (Å²) in [5.41, 5.74) is 9.72. The Morgan fingerprint density at radius 1 is 1.06 bits per heavy atom. The van der Waals surface area contributed by atoms with Crippen LogP contribution in [0.25, 0.3) is 44.2 Å². The third-order valence-corrected chi connectivity index (χ3v) is 5.96. The van der Waals surface area contributed by atoms with Crippen LogP contribution < -0.4 is 5.73 Å². The monoisotopic (exact) mass is 474 g/mol. The fraction of sp³-hybridized carbons (Fsp3) is 0.120. The van der Waals surface area contributed by atoms with Crippen LogP contribution in [0.5, 0.6) is 0 Å². The molecule has 0 spiro atoms. The molecule has 0 aliphatic carbocycles. The van der Waals surface area contributed by atoms with Crippen LogP contribution in [0.15, 0.2) is 67.4 Å². The lowest BCUT2D eigenvalue weighted by Crippen LogP contribution is -2.24. The molecule has 0 aliphatic heterocycles. The summed E-state index contributed by atoms with van der Waals surface area (Å²) in [6.07, 6.45) is 8.81. The molecule has 3 N–H and O–H groups in total. The Hall–Kier alpha value is -3.88. The van der Waals surface area contributed by atoms with Gasteiger partial charge >= 0.3 is 0 Å². The number of nitrogens with one attached hydrogen (secondary N) is 1. The Balaban J connectivity index is 1.63. The average molecular weight is 475 g/mol. The zero-order valence-corrected chi connectivity index (χ0v) is 18.8. The van der Waals surface area contributed by atoms with Gasteiger partial charge in [-0.3, -0.25) is 19.2 Å². The van der Waals surface area contributed by atoms with Crippen molar-refractivity contribution >= 4 is 39.6 Å². The largest absolute Gasteiger partial charge is 0.346 e. The van der Waals surface area contributed by atoms with E-state index in [2.05, 4.69) is 19.9 Å². The fourth-order valence-electron chi connectivity index (χ4n) is 3.97. The van der Waals surface area contributed by atoms with E-state index in [-0.39, 0.29) is 11.4 Å². The van der Waals surface area contributed by atoms with Gasteiger partial charge in [0.1, 0.15) is 17.0 Å². The second-order valence-corrected chi connectivity index (χ2v) is 8.22. The van der Waals surface area contributed by atoms with Crippen molar-refractivity contribution in [3.63, 3.8) is 0 Å². The number of amides is 1. The molecule has 0 unspecified atom stereocenters. The minimum absolute atomic E-state index is 0.275. The molecule has 5 rings (SSSR count). The number of hydrogen-bond donors (Lipinski definition) is 2. The van der Waals surface area contributed by atoms with Crippen LogP contribution in [0, 0.1) is 5.82 Å². The minimum atomic E-state index is -0.443. The molecule has 1 amide bonds. The van der Waals surface area contributed by atoms with Gasteiger partial charge in [-0.05, 0) is 54.4 Å². The molecule has 1 aromatic carbocycles. The van der Waals surface area contributed by atoms with Crippen molar-refractivity contribution in [1.82, 2.24) is 24.4 Å². The predicted octanol–water partition coefficient (Wildman–Crippen LogP) is 4.92. The number of carbonyl (C=O) groups is 1. The van der Waals surface area contributed by atoms with E-state index in [4.69, 9.17) is 17.5 Å². The number of carbonyl (C=O) groups excluding carboxylic acids is 1. The summed E-state index contributed by atoms with van der Waals surface area (Å²) in [4.78, 5) is 28.6. The topological polar surface area (TPSA) is 101 Å². The normalized spacial score (nSPS) is 11.3. The zero-order valence-electron chi connectivity index (χ0n) is 18.0. The van der Waals surface area contributed by atoms with E-state index in [0.717, 1.165) is 15.5 Å². The standard InChI is InChI=1S/C25H20ClFN6O/c26-33(8-2-5-28)25(34)17-10-20-21(14-32-24(20)31-13-17)16-9-19-18(15-3-1-6-29-12-15)4-7-30-23(19)22(27)11-16/h1,3-4,6-7,9-14H,2,5,8,28H2,(H,31,32). The summed E-state index contributed by atoms with van der Waals surface area (Å²) in [5.74, 6) is -0.814. The quantitative estimate of drug-likeness (QED) is 0.340. The molecule has 0 bridgehead atoms. The first-order valence-electron chi connectivity index (χ1n) is 10.7. The van der Waals surface area contributed by atoms with Crippen LogP contribution in [0.4, 0.5) is 4.39 Å². The molecule has 4 heterocycles. The molecule has 0 radical (unpaired) electrons. The van der Waals surface area contributed by atoms with E-state index in [0.29, 0.717) is 52.6 Å². The second kappa shape index (κ2) is 9.17. The van der Waals surface area contributed by atoms with Crippen LogP contribution in [-0.2, 0) is 0 Å². The lowest BCUT2D eigenvalue weighted by molar-refractivity contribution is 0.0863. The number of benzene rings is 1. The van der Waals surface area contributed by atoms with Crippen LogP contribution in [0.3, 0.4) is 0 Å². The van der Waals surface area contributed by atoms with E-state index in [1.54, 1.807) is 30.9 Å². The number of fused-ring (bicyclic) bond motifs is 2. The van der Waals surface area contributed by atoms with Gasteiger partial charge < -0.3 is 10.7 Å². The maximum atomic E-state index is 15.2. The number of H-pyrrole nitrogens is 1. The smallest absolute Gasteiger partial charge is 0.269 e. The van der Waals surface area contributed by atoms with Crippen molar-refractivity contribution in [2.24, 2.45) is 5.73 Å². The van der Waals surface area contributed by atoms with Gasteiger partial charge in [-0.1, -0.05) is 6.07 Å². The van der Waals surface area contributed by atoms with Crippen molar-refractivity contribution in [2.75, 3.05) is 13.1 Å². The summed E-state index contributed by atoms with van der Waals surface area (Å²) in [6, 6.07) is 10.6. The van der Waals surface area contributed by atoms with Gasteiger partial charge in [0, 0.05) is 71.2 Å². The highest BCUT2D eigenvalue weighted by Crippen LogP contribution is 2.35. The Morgan fingerprint density at radius 3 is 2.74 bits per heavy atom. The average Bonchev–Trinajstić information content (AvgIpc) is 3.30. The Labute approximate surface area is 199 Å². The predicted molar refractivity (Wildman–Crippen MR) is 131 cm³/mol. The fourth-order valence-corrected chi connectivity index (χ4v) is 4.19. The first-order valence-corrected chi connectivity index (χ1v) is 11.0. The molecule has 0 saturated carbocycles. The highest BCUT2D eigenvalue weighted by atomic mass is 35.5. The first-order chi connectivity index (χ1) is 16.6. The van der Waals surface area contributed by atoms with Gasteiger partial charge in [0.2, 0.25) is 0 Å². The van der Waals surface area contributed by atoms with E-state index in [1.807, 2.05) is 24.3 Å². The Bertz CT molecular complexity index is 1500. The molecule has 0 aliphatic rings. The van der Waals surface area contributed by atoms with Gasteiger partial charge in [0.05, 0.1) is 5.56 Å². The third-order valence-electron chi connectivity index (χ3n) is 5.64. The lowest BCUT2D eigenvalue weighted by Gasteiger charge is -2.13. The van der Waals surface area contributed by atoms with Gasteiger partial charge in [0.15, 0.2) is 0 Å². The van der Waals surface area contributed by atoms with Crippen LogP contribution in [0.1, 0.15) is 16.8 Å². The second-order valence-electron chi connectivity index (χ2n) is 7.81. The molecular weight excluding hydrogens is 455 g/mol. The highest BCUT2D eigenvalue weighted by Gasteiger charge is 2.18. The van der Waals surface area contributed by atoms with Gasteiger partial charge in [-0.25, -0.2) is 9.37 Å². The molecule has 4 aromatic heterocycles. The summed E-state index contributed by atoms with van der Waals surface area (Å²) in [6.45, 7) is 0.758. The van der Waals surface area contributed by atoms with Crippen molar-refractivity contribution in [2.45, 2.75) is 6.42 Å². The molecular formula is C25H20ClFN6O. The van der Waals surface area contributed by atoms with Crippen molar-refractivity contribution < 1.29 is 9.18 Å². The summed E-state index contributed by atoms with van der Waals surface area (Å²) < 4.78 is 16.3. The minimum Gasteiger partial charge on any atom is -0.346 e. The summed E-state index contributed by atoms with van der Waals surface area (Å²) in [5, 5.41) is 1.34. The van der Waals surface area contributed by atoms with Crippen molar-refractivity contribution in [1.29, 1.82) is 0 Å². The summed E-state index contributed by atoms with van der Waals surface area (Å²) >= 11 is 6.12. The molecule has 0 saturated heterocycles. The van der Waals surface area contributed by atoms with Crippen LogP contribution in [0.2, 0.25) is 0 Å². The number of aromatic amines is 1. The maximum absolute atomic E-state index is 15.2. The number of aromatic nitrogens is 4. The van der Waals surface area contributed by atoms with E-state index in [9.17, 15) is 4.79 Å². The number of halogens is 2. The molecule has 0 atom stereocenters. The van der Waals surface area contributed by atoms with Gasteiger partial charge in [-0.2, -0.15) is 0 Å². The molecule has 5 aromatic rings. The SMILES string of the molecule is NCCCN(Cl)C(=O)c1cnc2[nH]cc(-c3cc(F)c4nccc(-c5cccnc5)c4c3)c2c1. The summed E-state index contributed by atoms with van der Waals surface area (Å²) in [7, 11) is 0. The molecule has 34 heavy (non-hydrogen) atoms. The lowest BCUT2D eigenvalue weighted by atomic mass is 9.97. The number of nitrogens with zero attached hydrogens (tertiary/aromatic N) is 4. The Morgan fingerprint density at radius 2 is 1.94 bits per heavy atom. The number of hydrogen-bond acceptors (Lipinski definition) is 5. The van der Waals surface area contributed by atoms with Crippen LogP contribution >= 0.6 is 11.8 Å².